The fraction of sp³-hybridized carbons (Fsp3) is 0.538. The molecule has 2 aromatic rings. The summed E-state index contributed by atoms with van der Waals surface area (Å²) in [5, 5.41) is 17.6. The average molecular weight is 264 g/mol. The van der Waals surface area contributed by atoms with Crippen LogP contribution in [0.5, 0.6) is 0 Å². The van der Waals surface area contributed by atoms with Crippen LogP contribution < -0.4 is 5.32 Å². The Labute approximate surface area is 112 Å². The van der Waals surface area contributed by atoms with Crippen LogP contribution in [0.2, 0.25) is 0 Å². The van der Waals surface area contributed by atoms with E-state index in [1.807, 2.05) is 0 Å². The zero-order valence-electron chi connectivity index (χ0n) is 11.3. The second-order valence-corrected chi connectivity index (χ2v) is 4.98. The van der Waals surface area contributed by atoms with E-state index in [4.69, 9.17) is 4.42 Å². The lowest BCUT2D eigenvalue weighted by Gasteiger charge is -2.24. The minimum atomic E-state index is -0.995. The van der Waals surface area contributed by atoms with Gasteiger partial charge in [-0.05, 0) is 32.4 Å². The number of aryl methyl sites for hydroxylation is 1. The van der Waals surface area contributed by atoms with Crippen molar-refractivity contribution >= 4 is 0 Å². The van der Waals surface area contributed by atoms with Crippen molar-refractivity contribution in [2.45, 2.75) is 38.5 Å². The highest BCUT2D eigenvalue weighted by atomic mass is 16.4. The van der Waals surface area contributed by atoms with Crippen LogP contribution in [0.1, 0.15) is 26.0 Å². The van der Waals surface area contributed by atoms with Gasteiger partial charge in [-0.15, -0.1) is 0 Å². The summed E-state index contributed by atoms with van der Waals surface area (Å²) in [4.78, 5) is 3.90. The number of aliphatic hydroxyl groups is 1. The third kappa shape index (κ3) is 3.90. The summed E-state index contributed by atoms with van der Waals surface area (Å²) in [6.45, 7) is 5.06. The summed E-state index contributed by atoms with van der Waals surface area (Å²) in [6, 6.07) is 3.82. The molecule has 0 spiro atoms. The maximum atomic E-state index is 10.3. The molecule has 0 radical (unpaired) electrons. The van der Waals surface area contributed by atoms with Gasteiger partial charge >= 0.3 is 0 Å². The molecule has 2 rings (SSSR count). The molecule has 0 saturated heterocycles. The Morgan fingerprint density at radius 2 is 2.42 bits per heavy atom. The summed E-state index contributed by atoms with van der Waals surface area (Å²) in [5.41, 5.74) is -0.995. The molecule has 0 aliphatic heterocycles. The maximum absolute atomic E-state index is 10.3. The molecule has 2 heterocycles. The molecule has 0 bridgehead atoms. The minimum Gasteiger partial charge on any atom is -0.466 e. The fourth-order valence-corrected chi connectivity index (χ4v) is 1.82. The number of nitrogens with one attached hydrogen (secondary N) is 1. The van der Waals surface area contributed by atoms with E-state index in [-0.39, 0.29) is 6.04 Å². The van der Waals surface area contributed by atoms with Crippen molar-refractivity contribution in [2.24, 2.45) is 0 Å². The van der Waals surface area contributed by atoms with E-state index in [0.29, 0.717) is 12.3 Å². The van der Waals surface area contributed by atoms with Gasteiger partial charge in [0.1, 0.15) is 24.0 Å². The molecule has 0 saturated carbocycles. The number of hydrogen-bond acceptors (Lipinski definition) is 5. The highest BCUT2D eigenvalue weighted by Gasteiger charge is 2.26. The lowest BCUT2D eigenvalue weighted by molar-refractivity contribution is 0.0317. The molecule has 2 aromatic heterocycles. The molecule has 0 aliphatic carbocycles. The molecule has 0 amide bonds. The zero-order chi connectivity index (χ0) is 13.7. The van der Waals surface area contributed by atoms with E-state index < -0.39 is 5.60 Å². The molecule has 0 fully saturated rings. The summed E-state index contributed by atoms with van der Waals surface area (Å²) < 4.78 is 7.03. The Kier molecular flexibility index (Phi) is 4.34. The molecule has 2 unspecified atom stereocenters. The molecule has 6 nitrogen and oxygen atoms in total. The van der Waals surface area contributed by atoms with Crippen molar-refractivity contribution in [1.29, 1.82) is 0 Å². The molecular weight excluding hydrogens is 244 g/mol. The van der Waals surface area contributed by atoms with Gasteiger partial charge in [0.25, 0.3) is 0 Å². The third-order valence-electron chi connectivity index (χ3n) is 3.10. The van der Waals surface area contributed by atoms with E-state index in [9.17, 15) is 5.11 Å². The first kappa shape index (κ1) is 13.8. The predicted molar refractivity (Wildman–Crippen MR) is 70.4 cm³/mol. The Morgan fingerprint density at radius 1 is 1.58 bits per heavy atom. The van der Waals surface area contributed by atoms with Gasteiger partial charge in [0, 0.05) is 19.1 Å². The van der Waals surface area contributed by atoms with Gasteiger partial charge in [0.05, 0.1) is 6.26 Å². The number of aromatic nitrogens is 3. The molecule has 104 valence electrons. The molecule has 2 N–H and O–H groups in total. The van der Waals surface area contributed by atoms with Crippen LogP contribution in [0.3, 0.4) is 0 Å². The van der Waals surface area contributed by atoms with Crippen molar-refractivity contribution in [1.82, 2.24) is 20.1 Å². The van der Waals surface area contributed by atoms with Gasteiger partial charge in [0.2, 0.25) is 0 Å². The average Bonchev–Trinajstić information content (AvgIpc) is 3.06. The first-order valence-corrected chi connectivity index (χ1v) is 6.40. The van der Waals surface area contributed by atoms with E-state index in [1.54, 1.807) is 36.3 Å². The van der Waals surface area contributed by atoms with Gasteiger partial charge in [-0.25, -0.2) is 4.98 Å². The largest absolute Gasteiger partial charge is 0.466 e. The predicted octanol–water partition coefficient (Wildman–Crippen LogP) is 1.15. The van der Waals surface area contributed by atoms with Crippen LogP contribution in [-0.4, -0.2) is 32.5 Å². The smallest absolute Gasteiger partial charge is 0.137 e. The summed E-state index contributed by atoms with van der Waals surface area (Å²) in [5.74, 6) is 0.573. The molecule has 19 heavy (non-hydrogen) atoms. The van der Waals surface area contributed by atoms with E-state index in [2.05, 4.69) is 22.3 Å². The van der Waals surface area contributed by atoms with Gasteiger partial charge in [-0.1, -0.05) is 0 Å². The molecule has 6 heteroatoms. The second-order valence-electron chi connectivity index (χ2n) is 4.98. The van der Waals surface area contributed by atoms with Crippen LogP contribution in [-0.2, 0) is 12.1 Å². The van der Waals surface area contributed by atoms with Crippen LogP contribution in [0.15, 0.2) is 35.5 Å². The zero-order valence-corrected chi connectivity index (χ0v) is 11.3. The van der Waals surface area contributed by atoms with Crippen molar-refractivity contribution < 1.29 is 9.52 Å². The Hall–Kier alpha value is -1.66. The highest BCUT2D eigenvalue weighted by molar-refractivity contribution is 5.08. The van der Waals surface area contributed by atoms with Crippen molar-refractivity contribution in [3.05, 3.63) is 36.8 Å². The van der Waals surface area contributed by atoms with Gasteiger partial charge in [-0.3, -0.25) is 4.68 Å². The first-order valence-electron chi connectivity index (χ1n) is 6.40. The van der Waals surface area contributed by atoms with Crippen LogP contribution in [0.4, 0.5) is 0 Å². The summed E-state index contributed by atoms with van der Waals surface area (Å²) >= 11 is 0. The maximum Gasteiger partial charge on any atom is 0.137 e. The molecule has 0 aliphatic rings. The monoisotopic (exact) mass is 264 g/mol. The molecule has 2 atom stereocenters. The highest BCUT2D eigenvalue weighted by Crippen LogP contribution is 2.20. The Morgan fingerprint density at radius 3 is 3.05 bits per heavy atom. The topological polar surface area (TPSA) is 76.1 Å². The third-order valence-corrected chi connectivity index (χ3v) is 3.10. The van der Waals surface area contributed by atoms with E-state index >= 15 is 0 Å². The Bertz CT molecular complexity index is 465. The number of hydrogen-bond donors (Lipinski definition) is 2. The van der Waals surface area contributed by atoms with Crippen molar-refractivity contribution in [2.75, 3.05) is 6.54 Å². The van der Waals surface area contributed by atoms with Crippen LogP contribution in [0, 0.1) is 0 Å². The normalized spacial score (nSPS) is 16.2. The molecule has 0 aromatic carbocycles. The minimum absolute atomic E-state index is 0.269. The van der Waals surface area contributed by atoms with E-state index in [0.717, 1.165) is 13.0 Å². The first-order chi connectivity index (χ1) is 9.08. The fourth-order valence-electron chi connectivity index (χ4n) is 1.82. The van der Waals surface area contributed by atoms with Crippen LogP contribution >= 0.6 is 0 Å². The van der Waals surface area contributed by atoms with Crippen molar-refractivity contribution in [3.63, 3.8) is 0 Å². The van der Waals surface area contributed by atoms with Gasteiger partial charge in [-0.2, -0.15) is 5.10 Å². The van der Waals surface area contributed by atoms with Gasteiger partial charge in [0.15, 0.2) is 0 Å². The van der Waals surface area contributed by atoms with E-state index in [1.165, 1.54) is 6.33 Å². The quantitative estimate of drug-likeness (QED) is 0.784. The van der Waals surface area contributed by atoms with Crippen LogP contribution in [0.25, 0.3) is 0 Å². The standard InChI is InChI=1S/C13H20N4O2/c1-11(5-6-17-10-14-9-16-17)15-8-13(2,18)12-4-3-7-19-12/h3-4,7,9-11,15,18H,5-6,8H2,1-2H3. The number of nitrogens with zero attached hydrogens (tertiary/aromatic N) is 3. The lowest BCUT2D eigenvalue weighted by Crippen LogP contribution is -2.39. The lowest BCUT2D eigenvalue weighted by atomic mass is 10.0. The number of rotatable bonds is 7. The molecular formula is C13H20N4O2. The summed E-state index contributed by atoms with van der Waals surface area (Å²) in [6.07, 6.45) is 5.71. The van der Waals surface area contributed by atoms with Crippen molar-refractivity contribution in [3.8, 4) is 0 Å². The summed E-state index contributed by atoms with van der Waals surface area (Å²) in [7, 11) is 0. The SMILES string of the molecule is CC(CCn1cncn1)NCC(C)(O)c1ccco1. The van der Waals surface area contributed by atoms with Gasteiger partial charge < -0.3 is 14.8 Å². The second kappa shape index (κ2) is 5.99. The Balaban J connectivity index is 1.75. The number of furan rings is 1.